The van der Waals surface area contributed by atoms with E-state index in [1.165, 1.54) is 0 Å². The third-order valence-electron chi connectivity index (χ3n) is 1.45. The molecule has 0 aromatic carbocycles. The molecule has 0 spiro atoms. The van der Waals surface area contributed by atoms with Gasteiger partial charge in [-0.3, -0.25) is 0 Å². The molecular formula is C6H11MoN6O3S4-. The van der Waals surface area contributed by atoms with Crippen LogP contribution in [0.4, 0.5) is 0 Å². The molecular weight excluding hydrogens is 428 g/mol. The van der Waals surface area contributed by atoms with Gasteiger partial charge in [0.1, 0.15) is 4.32 Å². The van der Waals surface area contributed by atoms with Crippen molar-refractivity contribution in [3.8, 4) is 0 Å². The van der Waals surface area contributed by atoms with Crippen molar-refractivity contribution in [2.24, 2.45) is 5.22 Å². The first-order valence-electron chi connectivity index (χ1n) is 4.73. The average molecular weight is 439 g/mol. The Kier molecular flexibility index (Phi) is 18.7. The molecule has 14 heteroatoms. The Bertz CT molecular complexity index is 381. The summed E-state index contributed by atoms with van der Waals surface area (Å²) in [6, 6.07) is 0. The van der Waals surface area contributed by atoms with Crippen LogP contribution in [0.25, 0.3) is 10.4 Å². The van der Waals surface area contributed by atoms with Crippen LogP contribution in [0, 0.1) is 0 Å². The molecule has 0 unspecified atom stereocenters. The van der Waals surface area contributed by atoms with Crippen molar-refractivity contribution in [1.29, 1.82) is 0 Å². The number of hydrogen-bond donors (Lipinski definition) is 3. The summed E-state index contributed by atoms with van der Waals surface area (Å²) in [7, 11) is 0. The number of thiol groups is 1. The maximum absolute atomic E-state index is 8.50. The van der Waals surface area contributed by atoms with Crippen molar-refractivity contribution in [2.75, 3.05) is 26.3 Å². The van der Waals surface area contributed by atoms with Crippen molar-refractivity contribution < 1.29 is 30.0 Å². The average Bonchev–Trinajstić information content (AvgIpc) is 2.38. The van der Waals surface area contributed by atoms with Gasteiger partial charge in [-0.15, -0.1) is 18.2 Å². The molecule has 0 atom stereocenters. The quantitative estimate of drug-likeness (QED) is 0.0823. The molecule has 1 heterocycles. The van der Waals surface area contributed by atoms with Crippen molar-refractivity contribution in [2.45, 2.75) is 0 Å². The number of nitrogens with zero attached hydrogens (tertiary/aromatic N) is 4. The first kappa shape index (κ1) is 22.2. The molecule has 0 aromatic heterocycles. The molecule has 1 saturated heterocycles. The second kappa shape index (κ2) is 16.9. The van der Waals surface area contributed by atoms with E-state index < -0.39 is 18.5 Å². The Morgan fingerprint density at radius 3 is 2.25 bits per heavy atom. The standard InChI is InChI=1S/C5H10N2OS2.CH2N4S2.Mo.2O/c9-5(10)6-7-1-3-8-4-2-7;2-4-5-3-1(6)7;;;/h1-4H2,(H2,6,9,10);(H2,3,6,7);;;/p-1. The fraction of sp³-hybridized carbons (Fsp3) is 0.667. The van der Waals surface area contributed by atoms with Gasteiger partial charge in [-0.25, -0.2) is 10.4 Å². The van der Waals surface area contributed by atoms with Crippen molar-refractivity contribution in [1.82, 2.24) is 15.9 Å². The van der Waals surface area contributed by atoms with Crippen LogP contribution in [0.3, 0.4) is 0 Å². The van der Waals surface area contributed by atoms with Crippen LogP contribution >= 0.6 is 37.1 Å². The minimum atomic E-state index is -2.03. The normalized spacial score (nSPS) is 13.1. The Morgan fingerprint density at radius 2 is 1.95 bits per heavy atom. The van der Waals surface area contributed by atoms with E-state index in [1.54, 1.807) is 0 Å². The third-order valence-corrected chi connectivity index (χ3v) is 1.82. The van der Waals surface area contributed by atoms with Gasteiger partial charge in [-0.05, 0) is 5.22 Å². The van der Waals surface area contributed by atoms with Gasteiger partial charge < -0.3 is 35.0 Å². The van der Waals surface area contributed by atoms with Gasteiger partial charge in [0, 0.05) is 17.4 Å². The van der Waals surface area contributed by atoms with Crippen LogP contribution in [-0.4, -0.2) is 40.0 Å². The molecule has 1 fully saturated rings. The number of hydrogen-bond acceptors (Lipinski definition) is 8. The number of thiocarbonyl (C=S) groups is 2. The van der Waals surface area contributed by atoms with Crippen LogP contribution in [-0.2, 0) is 42.7 Å². The SMILES string of the molecule is S=C(S)NN1CCOCC1.[N-]=[N+]=NNC(=S)[S-].[O]=[Mo]=[O]. The predicted octanol–water partition coefficient (Wildman–Crippen LogP) is 0.431. The Morgan fingerprint density at radius 1 is 1.45 bits per heavy atom. The van der Waals surface area contributed by atoms with E-state index in [0.29, 0.717) is 4.32 Å². The second-order valence-electron chi connectivity index (χ2n) is 2.67. The fourth-order valence-corrected chi connectivity index (χ4v) is 1.23. The van der Waals surface area contributed by atoms with Crippen LogP contribution in [0.2, 0.25) is 0 Å². The first-order chi connectivity index (χ1) is 9.47. The Balaban J connectivity index is 0. The molecule has 1 aliphatic rings. The molecule has 0 aromatic rings. The van der Waals surface area contributed by atoms with Gasteiger partial charge in [-0.2, -0.15) is 4.91 Å². The third kappa shape index (κ3) is 20.2. The molecule has 0 amide bonds. The minimum absolute atomic E-state index is 0.0535. The van der Waals surface area contributed by atoms with E-state index >= 15 is 0 Å². The van der Waals surface area contributed by atoms with E-state index in [9.17, 15) is 0 Å². The molecule has 0 saturated carbocycles. The Hall–Kier alpha value is -0.132. The van der Waals surface area contributed by atoms with Crippen LogP contribution in [0.15, 0.2) is 5.22 Å². The monoisotopic (exact) mass is 441 g/mol. The molecule has 9 nitrogen and oxygen atoms in total. The molecule has 0 radical (unpaired) electrons. The number of morpholine rings is 1. The zero-order chi connectivity index (χ0) is 15.8. The fourth-order valence-electron chi connectivity index (χ4n) is 0.874. The summed E-state index contributed by atoms with van der Waals surface area (Å²) < 4.78 is 22.7. The molecule has 0 aliphatic carbocycles. The molecule has 114 valence electrons. The van der Waals surface area contributed by atoms with E-state index in [2.05, 4.69) is 53.0 Å². The summed E-state index contributed by atoms with van der Waals surface area (Å²) in [5.74, 6) is 0. The second-order valence-corrected chi connectivity index (χ2v) is 5.24. The van der Waals surface area contributed by atoms with Crippen molar-refractivity contribution >= 4 is 58.3 Å². The van der Waals surface area contributed by atoms with Gasteiger partial charge in [0.25, 0.3) is 0 Å². The molecule has 1 aliphatic heterocycles. The van der Waals surface area contributed by atoms with E-state index in [1.807, 2.05) is 10.4 Å². The predicted molar refractivity (Wildman–Crippen MR) is 80.7 cm³/mol. The van der Waals surface area contributed by atoms with E-state index in [-0.39, 0.29) is 4.32 Å². The molecule has 1 rings (SSSR count). The molecule has 0 bridgehead atoms. The number of nitrogens with one attached hydrogen (secondary N) is 2. The van der Waals surface area contributed by atoms with Crippen LogP contribution in [0.5, 0.6) is 0 Å². The van der Waals surface area contributed by atoms with Crippen LogP contribution in [0.1, 0.15) is 0 Å². The molecule has 20 heavy (non-hydrogen) atoms. The zero-order valence-electron chi connectivity index (χ0n) is 9.92. The van der Waals surface area contributed by atoms with Crippen molar-refractivity contribution in [3.63, 3.8) is 0 Å². The number of ether oxygens (including phenoxy) is 1. The number of hydrazine groups is 1. The zero-order valence-corrected chi connectivity index (χ0v) is 15.3. The van der Waals surface area contributed by atoms with Gasteiger partial charge in [0.15, 0.2) is 0 Å². The van der Waals surface area contributed by atoms with E-state index in [4.69, 9.17) is 29.3 Å². The van der Waals surface area contributed by atoms with Crippen LogP contribution < -0.4 is 10.9 Å². The summed E-state index contributed by atoms with van der Waals surface area (Å²) in [5.41, 5.74) is 12.6. The molecule has 2 N–H and O–H groups in total. The van der Waals surface area contributed by atoms with Gasteiger partial charge in [-0.1, -0.05) is 12.2 Å². The Labute approximate surface area is 145 Å². The van der Waals surface area contributed by atoms with Gasteiger partial charge in [0.2, 0.25) is 0 Å². The number of azide groups is 1. The summed E-state index contributed by atoms with van der Waals surface area (Å²) in [6.45, 7) is 3.29. The van der Waals surface area contributed by atoms with Crippen molar-refractivity contribution in [3.05, 3.63) is 10.4 Å². The summed E-state index contributed by atoms with van der Waals surface area (Å²) in [5, 5.41) is 4.86. The maximum atomic E-state index is 8.50. The summed E-state index contributed by atoms with van der Waals surface area (Å²) in [6.07, 6.45) is 0. The summed E-state index contributed by atoms with van der Waals surface area (Å²) in [4.78, 5) is 2.34. The topological polar surface area (TPSA) is 119 Å². The van der Waals surface area contributed by atoms with Gasteiger partial charge >= 0.3 is 25.3 Å². The first-order valence-corrected chi connectivity index (χ1v) is 8.04. The van der Waals surface area contributed by atoms with Gasteiger partial charge in [0.05, 0.1) is 13.2 Å². The number of rotatable bonds is 2. The summed E-state index contributed by atoms with van der Waals surface area (Å²) >= 11 is 15.3. The van der Waals surface area contributed by atoms with E-state index in [0.717, 1.165) is 26.3 Å².